The zero-order valence-corrected chi connectivity index (χ0v) is 22.7. The summed E-state index contributed by atoms with van der Waals surface area (Å²) >= 11 is 0. The summed E-state index contributed by atoms with van der Waals surface area (Å²) < 4.78 is 5.00. The first-order valence-electron chi connectivity index (χ1n) is 13.2. The molecule has 0 aliphatic heterocycles. The quantitative estimate of drug-likeness (QED) is 0.174. The molecule has 208 valence electrons. The van der Waals surface area contributed by atoms with Crippen molar-refractivity contribution in [1.82, 2.24) is 5.32 Å². The Kier molecular flexibility index (Phi) is 9.62. The summed E-state index contributed by atoms with van der Waals surface area (Å²) in [5.74, 6) is -2.00. The Balaban J connectivity index is 1.51. The van der Waals surface area contributed by atoms with Crippen molar-refractivity contribution in [3.63, 3.8) is 0 Å². The lowest BCUT2D eigenvalue weighted by Gasteiger charge is -2.15. The zero-order valence-electron chi connectivity index (χ0n) is 22.7. The van der Waals surface area contributed by atoms with Crippen molar-refractivity contribution in [3.8, 4) is 11.1 Å². The monoisotopic (exact) mass is 549 g/mol. The Morgan fingerprint density at radius 1 is 0.707 bits per heavy atom. The van der Waals surface area contributed by atoms with Crippen molar-refractivity contribution in [1.29, 1.82) is 0 Å². The molecular weight excluding hydrogens is 518 g/mol. The second-order valence-electron chi connectivity index (χ2n) is 9.40. The van der Waals surface area contributed by atoms with Crippen LogP contribution < -0.4 is 16.4 Å². The summed E-state index contributed by atoms with van der Waals surface area (Å²) in [6, 6.07) is 28.0. The molecular formula is C33H31N3O5. The first kappa shape index (κ1) is 28.8. The first-order chi connectivity index (χ1) is 19.9. The minimum absolute atomic E-state index is 0.153. The molecule has 4 rings (SSSR count). The number of ether oxygens (including phenoxy) is 1. The molecule has 4 N–H and O–H groups in total. The van der Waals surface area contributed by atoms with Gasteiger partial charge in [0.25, 0.3) is 11.8 Å². The van der Waals surface area contributed by atoms with Crippen molar-refractivity contribution in [2.24, 2.45) is 5.73 Å². The number of amides is 3. The van der Waals surface area contributed by atoms with E-state index in [1.54, 1.807) is 54.6 Å². The van der Waals surface area contributed by atoms with E-state index in [0.717, 1.165) is 19.3 Å². The second kappa shape index (κ2) is 13.7. The molecule has 0 radical (unpaired) electrons. The number of rotatable bonds is 11. The lowest BCUT2D eigenvalue weighted by atomic mass is 9.93. The number of hydrogen-bond donors (Lipinski definition) is 3. The highest BCUT2D eigenvalue weighted by molar-refractivity contribution is 6.11. The Hall–Kier alpha value is -5.24. The van der Waals surface area contributed by atoms with Gasteiger partial charge in [-0.2, -0.15) is 0 Å². The van der Waals surface area contributed by atoms with E-state index >= 15 is 0 Å². The number of aryl methyl sites for hydroxylation is 1. The molecule has 0 spiro atoms. The Morgan fingerprint density at radius 3 is 2.20 bits per heavy atom. The van der Waals surface area contributed by atoms with Gasteiger partial charge in [0, 0.05) is 28.9 Å². The number of unbranched alkanes of at least 4 members (excludes halogenated alkanes) is 1. The van der Waals surface area contributed by atoms with Crippen molar-refractivity contribution in [2.75, 3.05) is 19.0 Å². The normalized spacial score (nSPS) is 10.5. The fraction of sp³-hybridized carbons (Fsp3) is 0.152. The topological polar surface area (TPSA) is 128 Å². The molecule has 0 aromatic heterocycles. The van der Waals surface area contributed by atoms with Gasteiger partial charge in [-0.05, 0) is 72.4 Å². The molecule has 0 saturated carbocycles. The molecule has 0 aliphatic carbocycles. The number of carbonyl (C=O) groups excluding carboxylic acids is 4. The molecule has 0 heterocycles. The number of anilines is 1. The molecule has 0 fully saturated rings. The van der Waals surface area contributed by atoms with Crippen molar-refractivity contribution < 1.29 is 23.9 Å². The van der Waals surface area contributed by atoms with E-state index in [0.29, 0.717) is 28.9 Å². The van der Waals surface area contributed by atoms with Crippen LogP contribution in [0.5, 0.6) is 0 Å². The van der Waals surface area contributed by atoms with Crippen LogP contribution in [0, 0.1) is 0 Å². The molecule has 41 heavy (non-hydrogen) atoms. The fourth-order valence-electron chi connectivity index (χ4n) is 4.47. The van der Waals surface area contributed by atoms with E-state index in [2.05, 4.69) is 22.8 Å². The molecule has 8 nitrogen and oxygen atoms in total. The number of methoxy groups -OCH3 is 1. The number of hydrogen-bond acceptors (Lipinski definition) is 5. The molecule has 0 saturated heterocycles. The SMILES string of the molecule is COC(=O)c1cc(C(=O)NCCCCc2ccccc2)ccc1-c1ccccc1C(=O)Nc1cccc(C(N)=O)c1. The van der Waals surface area contributed by atoms with Gasteiger partial charge in [-0.15, -0.1) is 0 Å². The van der Waals surface area contributed by atoms with E-state index in [1.807, 2.05) is 18.2 Å². The number of benzene rings is 4. The Bertz CT molecular complexity index is 1570. The maximum absolute atomic E-state index is 13.3. The first-order valence-corrected chi connectivity index (χ1v) is 13.2. The summed E-state index contributed by atoms with van der Waals surface area (Å²) in [7, 11) is 1.26. The Morgan fingerprint density at radius 2 is 1.44 bits per heavy atom. The molecule has 0 bridgehead atoms. The summed E-state index contributed by atoms with van der Waals surface area (Å²) in [5, 5.41) is 5.68. The largest absolute Gasteiger partial charge is 0.465 e. The smallest absolute Gasteiger partial charge is 0.338 e. The van der Waals surface area contributed by atoms with Gasteiger partial charge in [0.05, 0.1) is 12.7 Å². The van der Waals surface area contributed by atoms with Gasteiger partial charge in [-0.1, -0.05) is 60.7 Å². The van der Waals surface area contributed by atoms with Gasteiger partial charge in [0.1, 0.15) is 0 Å². The van der Waals surface area contributed by atoms with Gasteiger partial charge in [-0.3, -0.25) is 14.4 Å². The third kappa shape index (κ3) is 7.45. The Labute approximate surface area is 238 Å². The fourth-order valence-corrected chi connectivity index (χ4v) is 4.47. The summed E-state index contributed by atoms with van der Waals surface area (Å²) in [6.45, 7) is 0.501. The molecule has 3 amide bonds. The van der Waals surface area contributed by atoms with Gasteiger partial charge >= 0.3 is 5.97 Å². The van der Waals surface area contributed by atoms with Crippen LogP contribution in [0.4, 0.5) is 5.69 Å². The molecule has 8 heteroatoms. The van der Waals surface area contributed by atoms with Crippen molar-refractivity contribution in [3.05, 3.63) is 125 Å². The highest BCUT2D eigenvalue weighted by atomic mass is 16.5. The zero-order chi connectivity index (χ0) is 29.2. The number of primary amides is 1. The van der Waals surface area contributed by atoms with Crippen LogP contribution in [0.15, 0.2) is 97.1 Å². The number of carbonyl (C=O) groups is 4. The van der Waals surface area contributed by atoms with E-state index in [1.165, 1.54) is 24.8 Å². The minimum atomic E-state index is -0.637. The van der Waals surface area contributed by atoms with Crippen molar-refractivity contribution in [2.45, 2.75) is 19.3 Å². The lowest BCUT2D eigenvalue weighted by molar-refractivity contribution is 0.0601. The average molecular weight is 550 g/mol. The predicted molar refractivity (Wildman–Crippen MR) is 158 cm³/mol. The van der Waals surface area contributed by atoms with Gasteiger partial charge in [-0.25, -0.2) is 4.79 Å². The highest BCUT2D eigenvalue weighted by Gasteiger charge is 2.21. The molecule has 4 aromatic carbocycles. The lowest BCUT2D eigenvalue weighted by Crippen LogP contribution is -2.25. The minimum Gasteiger partial charge on any atom is -0.465 e. The van der Waals surface area contributed by atoms with E-state index < -0.39 is 17.8 Å². The number of nitrogens with one attached hydrogen (secondary N) is 2. The molecule has 0 aliphatic rings. The summed E-state index contributed by atoms with van der Waals surface area (Å²) in [5.41, 5.74) is 8.93. The predicted octanol–water partition coefficient (Wildman–Crippen LogP) is 5.24. The average Bonchev–Trinajstić information content (AvgIpc) is 3.00. The van der Waals surface area contributed by atoms with Crippen LogP contribution in [-0.4, -0.2) is 37.3 Å². The van der Waals surface area contributed by atoms with Crippen molar-refractivity contribution >= 4 is 29.4 Å². The van der Waals surface area contributed by atoms with E-state index in [-0.39, 0.29) is 22.6 Å². The van der Waals surface area contributed by atoms with Crippen LogP contribution in [0.3, 0.4) is 0 Å². The molecule has 4 aromatic rings. The van der Waals surface area contributed by atoms with Crippen LogP contribution in [-0.2, 0) is 11.2 Å². The van der Waals surface area contributed by atoms with Crippen LogP contribution in [0.2, 0.25) is 0 Å². The van der Waals surface area contributed by atoms with Crippen LogP contribution in [0.1, 0.15) is 59.8 Å². The van der Waals surface area contributed by atoms with Crippen LogP contribution >= 0.6 is 0 Å². The third-order valence-electron chi connectivity index (χ3n) is 6.57. The third-order valence-corrected chi connectivity index (χ3v) is 6.57. The maximum atomic E-state index is 13.3. The molecule has 0 atom stereocenters. The van der Waals surface area contributed by atoms with E-state index in [4.69, 9.17) is 10.5 Å². The second-order valence-corrected chi connectivity index (χ2v) is 9.40. The van der Waals surface area contributed by atoms with Crippen LogP contribution in [0.25, 0.3) is 11.1 Å². The highest BCUT2D eigenvalue weighted by Crippen LogP contribution is 2.29. The molecule has 0 unspecified atom stereocenters. The number of nitrogens with two attached hydrogens (primary N) is 1. The van der Waals surface area contributed by atoms with Gasteiger partial charge in [0.15, 0.2) is 0 Å². The summed E-state index contributed by atoms with van der Waals surface area (Å²) in [4.78, 5) is 50.5. The number of esters is 1. The van der Waals surface area contributed by atoms with E-state index in [9.17, 15) is 19.2 Å². The maximum Gasteiger partial charge on any atom is 0.338 e. The standard InChI is InChI=1S/C33H31N3O5/c1-41-33(40)29-21-24(31(38)35-19-8-7-12-22-10-3-2-4-11-22)17-18-27(29)26-15-5-6-16-28(26)32(39)36-25-14-9-13-23(20-25)30(34)37/h2-6,9-11,13-18,20-21H,7-8,12,19H2,1H3,(H2,34,37)(H,35,38)(H,36,39). The summed E-state index contributed by atoms with van der Waals surface area (Å²) in [6.07, 6.45) is 2.68. The van der Waals surface area contributed by atoms with Gasteiger partial charge < -0.3 is 21.1 Å². The van der Waals surface area contributed by atoms with Gasteiger partial charge in [0.2, 0.25) is 5.91 Å².